The van der Waals surface area contributed by atoms with E-state index in [9.17, 15) is 4.79 Å². The van der Waals surface area contributed by atoms with Gasteiger partial charge in [0.25, 0.3) is 0 Å². The quantitative estimate of drug-likeness (QED) is 0.829. The Bertz CT molecular complexity index is 674. The summed E-state index contributed by atoms with van der Waals surface area (Å²) in [5.74, 6) is 1.63. The lowest BCUT2D eigenvalue weighted by atomic mass is 9.76. The van der Waals surface area contributed by atoms with Gasteiger partial charge in [0, 0.05) is 6.04 Å². The number of fused-ring (bicyclic) bond motifs is 1. The molecule has 2 N–H and O–H groups in total. The van der Waals surface area contributed by atoms with E-state index in [0.717, 1.165) is 44.3 Å². The highest BCUT2D eigenvalue weighted by molar-refractivity contribution is 5.73. The molecule has 0 unspecified atom stereocenters. The molecule has 3 aliphatic rings. The van der Waals surface area contributed by atoms with E-state index in [-0.39, 0.29) is 23.4 Å². The van der Waals surface area contributed by atoms with Crippen LogP contribution in [0.2, 0.25) is 0 Å². The van der Waals surface area contributed by atoms with E-state index in [4.69, 9.17) is 15.2 Å². The van der Waals surface area contributed by atoms with Crippen LogP contribution in [0.25, 0.3) is 0 Å². The minimum atomic E-state index is -0.115. The molecular formula is C22H31NO3. The maximum atomic E-state index is 12.2. The molecule has 142 valence electrons. The van der Waals surface area contributed by atoms with Crippen molar-refractivity contribution in [3.63, 3.8) is 0 Å². The molecule has 0 saturated heterocycles. The van der Waals surface area contributed by atoms with Crippen LogP contribution in [-0.4, -0.2) is 24.7 Å². The number of methoxy groups -OCH3 is 1. The number of ether oxygens (including phenoxy) is 2. The smallest absolute Gasteiger partial charge is 0.309 e. The maximum Gasteiger partial charge on any atom is 0.309 e. The summed E-state index contributed by atoms with van der Waals surface area (Å²) in [5.41, 5.74) is 8.61. The van der Waals surface area contributed by atoms with Gasteiger partial charge in [-0.15, -0.1) is 0 Å². The van der Waals surface area contributed by atoms with Gasteiger partial charge in [-0.2, -0.15) is 0 Å². The van der Waals surface area contributed by atoms with E-state index in [1.54, 1.807) is 0 Å². The molecule has 1 heterocycles. The SMILES string of the molecule is COC(=O)[C@H](C)[C@H](c1ccc2c(c1)OC1(CC2)CCC(N)CC1)C1CC1. The Kier molecular flexibility index (Phi) is 4.72. The van der Waals surface area contributed by atoms with Crippen LogP contribution < -0.4 is 10.5 Å². The van der Waals surface area contributed by atoms with Crippen molar-refractivity contribution in [3.8, 4) is 5.75 Å². The molecule has 1 aromatic carbocycles. The molecule has 0 radical (unpaired) electrons. The predicted octanol–water partition coefficient (Wildman–Crippen LogP) is 3.95. The van der Waals surface area contributed by atoms with E-state index in [2.05, 4.69) is 18.2 Å². The monoisotopic (exact) mass is 357 g/mol. The Morgan fingerprint density at radius 1 is 1.23 bits per heavy atom. The fourth-order valence-corrected chi connectivity index (χ4v) is 5.00. The van der Waals surface area contributed by atoms with Crippen LogP contribution in [-0.2, 0) is 16.0 Å². The van der Waals surface area contributed by atoms with Crippen LogP contribution in [0.5, 0.6) is 5.75 Å². The van der Waals surface area contributed by atoms with Crippen molar-refractivity contribution >= 4 is 5.97 Å². The zero-order chi connectivity index (χ0) is 18.3. The average Bonchev–Trinajstić information content (AvgIpc) is 3.48. The summed E-state index contributed by atoms with van der Waals surface area (Å²) in [5, 5.41) is 0. The normalized spacial score (nSPS) is 30.2. The van der Waals surface area contributed by atoms with Crippen molar-refractivity contribution in [2.75, 3.05) is 7.11 Å². The first-order valence-electron chi connectivity index (χ1n) is 10.2. The number of esters is 1. The summed E-state index contributed by atoms with van der Waals surface area (Å²) in [6.45, 7) is 2.00. The highest BCUT2D eigenvalue weighted by Crippen LogP contribution is 2.49. The highest BCUT2D eigenvalue weighted by Gasteiger charge is 2.42. The molecule has 2 atom stereocenters. The molecule has 2 saturated carbocycles. The van der Waals surface area contributed by atoms with E-state index in [1.165, 1.54) is 31.1 Å². The Morgan fingerprint density at radius 3 is 2.62 bits per heavy atom. The second-order valence-corrected chi connectivity index (χ2v) is 8.66. The number of carbonyl (C=O) groups excluding carboxylic acids is 1. The zero-order valence-electron chi connectivity index (χ0n) is 16.0. The van der Waals surface area contributed by atoms with Crippen LogP contribution in [0.3, 0.4) is 0 Å². The minimum Gasteiger partial charge on any atom is -0.487 e. The number of hydrogen-bond donors (Lipinski definition) is 1. The van der Waals surface area contributed by atoms with E-state index in [0.29, 0.717) is 12.0 Å². The molecule has 26 heavy (non-hydrogen) atoms. The third kappa shape index (κ3) is 3.36. The van der Waals surface area contributed by atoms with Crippen molar-refractivity contribution in [2.45, 2.75) is 75.9 Å². The van der Waals surface area contributed by atoms with Gasteiger partial charge >= 0.3 is 5.97 Å². The van der Waals surface area contributed by atoms with Crippen LogP contribution >= 0.6 is 0 Å². The van der Waals surface area contributed by atoms with Gasteiger partial charge in [0.15, 0.2) is 0 Å². The molecule has 2 fully saturated rings. The second-order valence-electron chi connectivity index (χ2n) is 8.66. The summed E-state index contributed by atoms with van der Waals surface area (Å²) < 4.78 is 11.6. The summed E-state index contributed by atoms with van der Waals surface area (Å²) in [7, 11) is 1.48. The molecule has 1 aromatic rings. The van der Waals surface area contributed by atoms with E-state index in [1.807, 2.05) is 6.92 Å². The van der Waals surface area contributed by atoms with E-state index < -0.39 is 0 Å². The fraction of sp³-hybridized carbons (Fsp3) is 0.682. The summed E-state index contributed by atoms with van der Waals surface area (Å²) in [6, 6.07) is 6.97. The highest BCUT2D eigenvalue weighted by atomic mass is 16.5. The Balaban J connectivity index is 1.59. The summed E-state index contributed by atoms with van der Waals surface area (Å²) >= 11 is 0. The first kappa shape index (κ1) is 17.8. The van der Waals surface area contributed by atoms with Crippen molar-refractivity contribution in [1.82, 2.24) is 0 Å². The molecule has 2 aliphatic carbocycles. The van der Waals surface area contributed by atoms with Crippen molar-refractivity contribution in [1.29, 1.82) is 0 Å². The number of rotatable bonds is 4. The van der Waals surface area contributed by atoms with Gasteiger partial charge in [0.2, 0.25) is 0 Å². The first-order valence-corrected chi connectivity index (χ1v) is 10.2. The molecule has 1 spiro atoms. The predicted molar refractivity (Wildman–Crippen MR) is 101 cm³/mol. The molecule has 0 bridgehead atoms. The molecule has 1 aliphatic heterocycles. The standard InChI is InChI=1S/C22H31NO3/c1-14(21(24)25-2)20(16-4-5-16)17-6-3-15-7-10-22(26-19(15)13-17)11-8-18(23)9-12-22/h3,6,13-14,16,18,20H,4-5,7-12,23H2,1-2H3/t14-,18?,20+,22?/m1/s1. The minimum absolute atomic E-state index is 0.0233. The number of benzene rings is 1. The van der Waals surface area contributed by atoms with Crippen molar-refractivity contribution < 1.29 is 14.3 Å². The van der Waals surface area contributed by atoms with E-state index >= 15 is 0 Å². The molecule has 4 rings (SSSR count). The van der Waals surface area contributed by atoms with Crippen LogP contribution in [0.4, 0.5) is 0 Å². The summed E-state index contributed by atoms with van der Waals surface area (Å²) in [6.07, 6.45) is 8.79. The number of aryl methyl sites for hydroxylation is 1. The Morgan fingerprint density at radius 2 is 1.96 bits per heavy atom. The Labute approximate surface area is 156 Å². The van der Waals surface area contributed by atoms with Crippen LogP contribution in [0, 0.1) is 11.8 Å². The lowest BCUT2D eigenvalue weighted by Gasteiger charge is -2.43. The van der Waals surface area contributed by atoms with Gasteiger partial charge < -0.3 is 15.2 Å². The lowest BCUT2D eigenvalue weighted by Crippen LogP contribution is -2.45. The molecule has 0 aromatic heterocycles. The molecule has 0 amide bonds. The third-order valence-electron chi connectivity index (χ3n) is 6.84. The van der Waals surface area contributed by atoms with Gasteiger partial charge in [-0.3, -0.25) is 4.79 Å². The topological polar surface area (TPSA) is 61.5 Å². The maximum absolute atomic E-state index is 12.2. The summed E-state index contributed by atoms with van der Waals surface area (Å²) in [4.78, 5) is 12.2. The van der Waals surface area contributed by atoms with Gasteiger partial charge in [0.05, 0.1) is 13.0 Å². The number of nitrogens with two attached hydrogens (primary N) is 1. The first-order chi connectivity index (χ1) is 12.5. The molecular weight excluding hydrogens is 326 g/mol. The average molecular weight is 357 g/mol. The van der Waals surface area contributed by atoms with Crippen LogP contribution in [0.1, 0.15) is 68.9 Å². The molecule has 4 heteroatoms. The Hall–Kier alpha value is -1.55. The fourth-order valence-electron chi connectivity index (χ4n) is 5.00. The van der Waals surface area contributed by atoms with Crippen molar-refractivity contribution in [2.24, 2.45) is 17.6 Å². The van der Waals surface area contributed by atoms with Gasteiger partial charge in [-0.1, -0.05) is 19.1 Å². The zero-order valence-corrected chi connectivity index (χ0v) is 16.0. The lowest BCUT2D eigenvalue weighted by molar-refractivity contribution is -0.145. The van der Waals surface area contributed by atoms with Crippen molar-refractivity contribution in [3.05, 3.63) is 29.3 Å². The molecule has 4 nitrogen and oxygen atoms in total. The second kappa shape index (κ2) is 6.88. The largest absolute Gasteiger partial charge is 0.487 e. The number of hydrogen-bond acceptors (Lipinski definition) is 4. The van der Waals surface area contributed by atoms with Gasteiger partial charge in [-0.25, -0.2) is 0 Å². The third-order valence-corrected chi connectivity index (χ3v) is 6.84. The van der Waals surface area contributed by atoms with Gasteiger partial charge in [0.1, 0.15) is 11.4 Å². The number of carbonyl (C=O) groups is 1. The van der Waals surface area contributed by atoms with Gasteiger partial charge in [-0.05, 0) is 80.4 Å². The van der Waals surface area contributed by atoms with Crippen LogP contribution in [0.15, 0.2) is 18.2 Å².